The molecule has 0 spiro atoms. The molecule has 5 heteroatoms. The van der Waals surface area contributed by atoms with Gasteiger partial charge in [-0.15, -0.1) is 11.3 Å². The summed E-state index contributed by atoms with van der Waals surface area (Å²) in [6.07, 6.45) is 4.95. The van der Waals surface area contributed by atoms with Crippen molar-refractivity contribution in [3.63, 3.8) is 0 Å². The summed E-state index contributed by atoms with van der Waals surface area (Å²) in [7, 11) is 0. The highest BCUT2D eigenvalue weighted by Gasteiger charge is 2.09. The Bertz CT molecular complexity index is 492. The lowest BCUT2D eigenvalue weighted by Crippen LogP contribution is -2.19. The van der Waals surface area contributed by atoms with Crippen LogP contribution in [0.25, 0.3) is 0 Å². The van der Waals surface area contributed by atoms with E-state index in [0.29, 0.717) is 6.04 Å². The molecule has 2 heterocycles. The molecule has 0 aliphatic carbocycles. The van der Waals surface area contributed by atoms with E-state index in [2.05, 4.69) is 34.8 Å². The summed E-state index contributed by atoms with van der Waals surface area (Å²) in [5, 5.41) is 3.50. The Hall–Kier alpha value is -0.840. The van der Waals surface area contributed by atoms with Crippen molar-refractivity contribution in [3.8, 4) is 0 Å². The molecule has 0 radical (unpaired) electrons. The summed E-state index contributed by atoms with van der Waals surface area (Å²) in [5.74, 6) is 0. The Balaban J connectivity index is 1.92. The van der Waals surface area contributed by atoms with Gasteiger partial charge in [0.2, 0.25) is 0 Å². The number of aromatic nitrogens is 2. The molecule has 0 amide bonds. The number of imidazole rings is 1. The van der Waals surface area contributed by atoms with Gasteiger partial charge in [-0.1, -0.05) is 18.5 Å². The molecule has 0 saturated carbocycles. The fourth-order valence-corrected chi connectivity index (χ4v) is 2.94. The van der Waals surface area contributed by atoms with Crippen LogP contribution in [0.2, 0.25) is 4.34 Å². The number of halogens is 1. The van der Waals surface area contributed by atoms with Crippen LogP contribution in [0.1, 0.15) is 36.9 Å². The first-order valence-corrected chi connectivity index (χ1v) is 7.37. The van der Waals surface area contributed by atoms with Crippen molar-refractivity contribution in [3.05, 3.63) is 39.6 Å². The van der Waals surface area contributed by atoms with E-state index < -0.39 is 0 Å². The van der Waals surface area contributed by atoms with Gasteiger partial charge in [0.1, 0.15) is 0 Å². The van der Waals surface area contributed by atoms with Gasteiger partial charge in [0.05, 0.1) is 16.4 Å². The minimum atomic E-state index is 0.312. The minimum absolute atomic E-state index is 0.312. The maximum atomic E-state index is 5.95. The maximum Gasteiger partial charge on any atom is 0.0948 e. The zero-order chi connectivity index (χ0) is 13.0. The number of nitrogens with one attached hydrogen (secondary N) is 1. The van der Waals surface area contributed by atoms with Gasteiger partial charge < -0.3 is 9.88 Å². The van der Waals surface area contributed by atoms with E-state index in [0.717, 1.165) is 23.8 Å². The van der Waals surface area contributed by atoms with Gasteiger partial charge in [-0.3, -0.25) is 0 Å². The van der Waals surface area contributed by atoms with Crippen LogP contribution in [0, 0.1) is 0 Å². The minimum Gasteiger partial charge on any atom is -0.333 e. The Morgan fingerprint density at radius 2 is 2.33 bits per heavy atom. The molecule has 0 fully saturated rings. The molecule has 0 bridgehead atoms. The number of aryl methyl sites for hydroxylation is 1. The summed E-state index contributed by atoms with van der Waals surface area (Å²) in [6, 6.07) is 4.34. The topological polar surface area (TPSA) is 29.9 Å². The summed E-state index contributed by atoms with van der Waals surface area (Å²) < 4.78 is 3.04. The van der Waals surface area contributed by atoms with E-state index in [1.807, 2.05) is 18.6 Å². The first-order valence-electron chi connectivity index (χ1n) is 6.18. The second kappa shape index (κ2) is 6.36. The highest BCUT2D eigenvalue weighted by atomic mass is 35.5. The third kappa shape index (κ3) is 3.34. The molecule has 0 saturated heterocycles. The fraction of sp³-hybridized carbons (Fsp3) is 0.462. The third-order valence-electron chi connectivity index (χ3n) is 2.87. The molecule has 1 atom stereocenters. The van der Waals surface area contributed by atoms with E-state index in [9.17, 15) is 0 Å². The second-order valence-electron chi connectivity index (χ2n) is 4.32. The van der Waals surface area contributed by atoms with E-state index in [1.165, 1.54) is 10.6 Å². The SMILES string of the molecule is CCCn1cncc1CNC(C)c1ccc(Cl)s1. The van der Waals surface area contributed by atoms with Crippen LogP contribution >= 0.6 is 22.9 Å². The van der Waals surface area contributed by atoms with Gasteiger partial charge in [0.25, 0.3) is 0 Å². The first-order chi connectivity index (χ1) is 8.70. The molecular formula is C13H18ClN3S. The molecule has 0 aliphatic rings. The van der Waals surface area contributed by atoms with Crippen molar-refractivity contribution in [2.45, 2.75) is 39.4 Å². The first kappa shape index (κ1) is 13.6. The zero-order valence-corrected chi connectivity index (χ0v) is 12.3. The standard InChI is InChI=1S/C13H18ClN3S/c1-3-6-17-9-15-7-11(17)8-16-10(2)12-4-5-13(14)18-12/h4-5,7,9-10,16H,3,6,8H2,1-2H3. The second-order valence-corrected chi connectivity index (χ2v) is 6.07. The average Bonchev–Trinajstić information content (AvgIpc) is 2.96. The zero-order valence-electron chi connectivity index (χ0n) is 10.7. The molecule has 18 heavy (non-hydrogen) atoms. The Morgan fingerprint density at radius 1 is 1.50 bits per heavy atom. The van der Waals surface area contributed by atoms with Gasteiger partial charge >= 0.3 is 0 Å². The highest BCUT2D eigenvalue weighted by Crippen LogP contribution is 2.26. The maximum absolute atomic E-state index is 5.95. The number of hydrogen-bond acceptors (Lipinski definition) is 3. The summed E-state index contributed by atoms with van der Waals surface area (Å²) in [5.41, 5.74) is 1.23. The predicted molar refractivity (Wildman–Crippen MR) is 77.1 cm³/mol. The molecule has 3 nitrogen and oxygen atoms in total. The van der Waals surface area contributed by atoms with Crippen LogP contribution in [0.3, 0.4) is 0 Å². The van der Waals surface area contributed by atoms with Crippen LogP contribution in [0.4, 0.5) is 0 Å². The normalized spacial score (nSPS) is 12.8. The number of thiophene rings is 1. The smallest absolute Gasteiger partial charge is 0.0948 e. The molecule has 0 aliphatic heterocycles. The molecule has 0 aromatic carbocycles. The van der Waals surface area contributed by atoms with Gasteiger partial charge in [-0.25, -0.2) is 4.98 Å². The third-order valence-corrected chi connectivity index (χ3v) is 4.29. The fourth-order valence-electron chi connectivity index (χ4n) is 1.86. The molecular weight excluding hydrogens is 266 g/mol. The van der Waals surface area contributed by atoms with Crippen molar-refractivity contribution in [2.75, 3.05) is 0 Å². The van der Waals surface area contributed by atoms with Crippen LogP contribution in [0.5, 0.6) is 0 Å². The van der Waals surface area contributed by atoms with E-state index >= 15 is 0 Å². The van der Waals surface area contributed by atoms with Gasteiger partial charge in [-0.2, -0.15) is 0 Å². The van der Waals surface area contributed by atoms with E-state index in [1.54, 1.807) is 11.3 Å². The monoisotopic (exact) mass is 283 g/mol. The van der Waals surface area contributed by atoms with Gasteiger partial charge in [0.15, 0.2) is 0 Å². The van der Waals surface area contributed by atoms with Crippen molar-refractivity contribution in [1.82, 2.24) is 14.9 Å². The van der Waals surface area contributed by atoms with Crippen LogP contribution in [0.15, 0.2) is 24.7 Å². The Morgan fingerprint density at radius 3 is 3.00 bits per heavy atom. The van der Waals surface area contributed by atoms with Crippen molar-refractivity contribution in [1.29, 1.82) is 0 Å². The van der Waals surface area contributed by atoms with Crippen LogP contribution in [-0.2, 0) is 13.1 Å². The number of rotatable bonds is 6. The molecule has 1 unspecified atom stereocenters. The van der Waals surface area contributed by atoms with Crippen molar-refractivity contribution >= 4 is 22.9 Å². The Labute approximate surface area is 117 Å². The van der Waals surface area contributed by atoms with E-state index in [-0.39, 0.29) is 0 Å². The van der Waals surface area contributed by atoms with E-state index in [4.69, 9.17) is 11.6 Å². The van der Waals surface area contributed by atoms with Crippen molar-refractivity contribution < 1.29 is 0 Å². The number of nitrogens with zero attached hydrogens (tertiary/aromatic N) is 2. The summed E-state index contributed by atoms with van der Waals surface area (Å²) in [4.78, 5) is 5.47. The quantitative estimate of drug-likeness (QED) is 0.872. The molecule has 2 aromatic rings. The lowest BCUT2D eigenvalue weighted by Gasteiger charge is -2.13. The van der Waals surface area contributed by atoms with Crippen LogP contribution in [-0.4, -0.2) is 9.55 Å². The Kier molecular flexibility index (Phi) is 4.80. The number of hydrogen-bond donors (Lipinski definition) is 1. The largest absolute Gasteiger partial charge is 0.333 e. The highest BCUT2D eigenvalue weighted by molar-refractivity contribution is 7.16. The van der Waals surface area contributed by atoms with Gasteiger partial charge in [0, 0.05) is 30.2 Å². The van der Waals surface area contributed by atoms with Crippen molar-refractivity contribution in [2.24, 2.45) is 0 Å². The molecule has 2 aromatic heterocycles. The average molecular weight is 284 g/mol. The molecule has 1 N–H and O–H groups in total. The van der Waals surface area contributed by atoms with Gasteiger partial charge in [-0.05, 0) is 25.5 Å². The predicted octanol–water partition coefficient (Wildman–Crippen LogP) is 3.86. The summed E-state index contributed by atoms with van der Waals surface area (Å²) >= 11 is 7.58. The summed E-state index contributed by atoms with van der Waals surface area (Å²) in [6.45, 7) is 6.18. The molecule has 98 valence electrons. The molecule has 2 rings (SSSR count). The lowest BCUT2D eigenvalue weighted by molar-refractivity contribution is 0.547. The van der Waals surface area contributed by atoms with Crippen LogP contribution < -0.4 is 5.32 Å². The lowest BCUT2D eigenvalue weighted by atomic mass is 10.2.